The maximum absolute atomic E-state index is 4.19. The van der Waals surface area contributed by atoms with Crippen LogP contribution in [0.4, 0.5) is 0 Å². The van der Waals surface area contributed by atoms with Gasteiger partial charge < -0.3 is 5.32 Å². The number of nitrogens with one attached hydrogen (secondary N) is 1. The van der Waals surface area contributed by atoms with Crippen LogP contribution in [-0.2, 0) is 7.05 Å². The fraction of sp³-hybridized carbons (Fsp3) is 0.727. The highest BCUT2D eigenvalue weighted by atomic mass is 15.3. The molecule has 0 bridgehead atoms. The molecule has 1 unspecified atom stereocenters. The number of hydrogen-bond acceptors (Lipinski definition) is 2. The third-order valence-electron chi connectivity index (χ3n) is 2.66. The minimum atomic E-state index is 0.453. The van der Waals surface area contributed by atoms with Crippen LogP contribution >= 0.6 is 0 Å². The van der Waals surface area contributed by atoms with Crippen molar-refractivity contribution in [1.29, 1.82) is 0 Å². The van der Waals surface area contributed by atoms with Gasteiger partial charge in [-0.25, -0.2) is 0 Å². The van der Waals surface area contributed by atoms with E-state index in [4.69, 9.17) is 0 Å². The second-order valence-electron chi connectivity index (χ2n) is 3.72. The predicted molar refractivity (Wildman–Crippen MR) is 59.2 cm³/mol. The van der Waals surface area contributed by atoms with Gasteiger partial charge >= 0.3 is 0 Å². The van der Waals surface area contributed by atoms with Gasteiger partial charge in [0.25, 0.3) is 0 Å². The summed E-state index contributed by atoms with van der Waals surface area (Å²) in [5, 5.41) is 7.53. The van der Waals surface area contributed by atoms with Crippen LogP contribution in [0.2, 0.25) is 0 Å². The van der Waals surface area contributed by atoms with E-state index in [0.29, 0.717) is 6.04 Å². The first-order valence-electron chi connectivity index (χ1n) is 5.44. The van der Waals surface area contributed by atoms with Crippen molar-refractivity contribution in [3.05, 3.63) is 18.0 Å². The Morgan fingerprint density at radius 2 is 2.29 bits per heavy atom. The van der Waals surface area contributed by atoms with E-state index in [2.05, 4.69) is 23.4 Å². The minimum Gasteiger partial charge on any atom is -0.312 e. The zero-order valence-corrected chi connectivity index (χ0v) is 9.45. The fourth-order valence-electron chi connectivity index (χ4n) is 1.76. The zero-order valence-electron chi connectivity index (χ0n) is 9.45. The molecule has 0 radical (unpaired) electrons. The Hall–Kier alpha value is -0.830. The number of unbranched alkanes of at least 4 members (excludes halogenated alkanes) is 2. The number of hydrogen-bond donors (Lipinski definition) is 1. The summed E-state index contributed by atoms with van der Waals surface area (Å²) in [6.45, 7) is 2.23. The first-order chi connectivity index (χ1) is 6.79. The van der Waals surface area contributed by atoms with Gasteiger partial charge in [-0.1, -0.05) is 26.2 Å². The summed E-state index contributed by atoms with van der Waals surface area (Å²) in [6.07, 6.45) is 6.94. The molecule has 1 rings (SSSR count). The molecule has 1 atom stereocenters. The molecule has 3 nitrogen and oxygen atoms in total. The largest absolute Gasteiger partial charge is 0.312 e. The van der Waals surface area contributed by atoms with Gasteiger partial charge in [0.1, 0.15) is 0 Å². The molecule has 1 aromatic heterocycles. The standard InChI is InChI=1S/C11H21N3/c1-4-5-6-7-10(12-2)11-8-9-13-14(11)3/h8-10,12H,4-7H2,1-3H3. The molecule has 1 N–H and O–H groups in total. The molecule has 3 heteroatoms. The lowest BCUT2D eigenvalue weighted by Crippen LogP contribution is -2.19. The number of rotatable bonds is 6. The summed E-state index contributed by atoms with van der Waals surface area (Å²) in [4.78, 5) is 0. The average molecular weight is 195 g/mol. The van der Waals surface area contributed by atoms with Gasteiger partial charge in [-0.2, -0.15) is 5.10 Å². The molecular weight excluding hydrogens is 174 g/mol. The summed E-state index contributed by atoms with van der Waals surface area (Å²) < 4.78 is 1.95. The quantitative estimate of drug-likeness (QED) is 0.706. The smallest absolute Gasteiger partial charge is 0.0550 e. The molecule has 0 aromatic carbocycles. The lowest BCUT2D eigenvalue weighted by atomic mass is 10.1. The lowest BCUT2D eigenvalue weighted by molar-refractivity contribution is 0.480. The summed E-state index contributed by atoms with van der Waals surface area (Å²) >= 11 is 0. The van der Waals surface area contributed by atoms with Crippen LogP contribution in [0, 0.1) is 0 Å². The van der Waals surface area contributed by atoms with Gasteiger partial charge in [0, 0.05) is 19.3 Å². The average Bonchev–Trinajstić information content (AvgIpc) is 2.60. The number of aryl methyl sites for hydroxylation is 1. The van der Waals surface area contributed by atoms with Crippen molar-refractivity contribution in [1.82, 2.24) is 15.1 Å². The van der Waals surface area contributed by atoms with Gasteiger partial charge in [-0.15, -0.1) is 0 Å². The second kappa shape index (κ2) is 5.81. The van der Waals surface area contributed by atoms with E-state index in [1.54, 1.807) is 0 Å². The van der Waals surface area contributed by atoms with Crippen molar-refractivity contribution in [3.63, 3.8) is 0 Å². The molecule has 14 heavy (non-hydrogen) atoms. The molecule has 0 fully saturated rings. The van der Waals surface area contributed by atoms with E-state index < -0.39 is 0 Å². The third-order valence-corrected chi connectivity index (χ3v) is 2.66. The van der Waals surface area contributed by atoms with E-state index in [0.717, 1.165) is 0 Å². The van der Waals surface area contributed by atoms with Crippen molar-refractivity contribution in [2.75, 3.05) is 7.05 Å². The van der Waals surface area contributed by atoms with Crippen molar-refractivity contribution in [2.24, 2.45) is 7.05 Å². The molecule has 80 valence electrons. The summed E-state index contributed by atoms with van der Waals surface area (Å²) in [5.74, 6) is 0. The van der Waals surface area contributed by atoms with Crippen LogP contribution in [0.25, 0.3) is 0 Å². The predicted octanol–water partition coefficient (Wildman–Crippen LogP) is 2.26. The van der Waals surface area contributed by atoms with Crippen molar-refractivity contribution in [2.45, 2.75) is 38.6 Å². The Labute approximate surface area is 86.5 Å². The lowest BCUT2D eigenvalue weighted by Gasteiger charge is -2.16. The summed E-state index contributed by atoms with van der Waals surface area (Å²) in [7, 11) is 4.02. The first kappa shape index (κ1) is 11.2. The molecule has 0 saturated carbocycles. The van der Waals surface area contributed by atoms with E-state index in [1.165, 1.54) is 31.4 Å². The third kappa shape index (κ3) is 2.84. The van der Waals surface area contributed by atoms with Gasteiger partial charge in [0.05, 0.1) is 5.69 Å². The Bertz CT molecular complexity index is 255. The highest BCUT2D eigenvalue weighted by Gasteiger charge is 2.11. The first-order valence-corrected chi connectivity index (χ1v) is 5.44. The van der Waals surface area contributed by atoms with Crippen molar-refractivity contribution >= 4 is 0 Å². The Kier molecular flexibility index (Phi) is 4.66. The van der Waals surface area contributed by atoms with Crippen molar-refractivity contribution in [3.8, 4) is 0 Å². The molecular formula is C11H21N3. The van der Waals surface area contributed by atoms with Crippen LogP contribution < -0.4 is 5.32 Å². The van der Waals surface area contributed by atoms with E-state index in [9.17, 15) is 0 Å². The van der Waals surface area contributed by atoms with E-state index in [-0.39, 0.29) is 0 Å². The Balaban J connectivity index is 2.50. The zero-order chi connectivity index (χ0) is 10.4. The maximum Gasteiger partial charge on any atom is 0.0550 e. The topological polar surface area (TPSA) is 29.9 Å². The highest BCUT2D eigenvalue weighted by molar-refractivity contribution is 5.06. The molecule has 1 heterocycles. The fourth-order valence-corrected chi connectivity index (χ4v) is 1.76. The van der Waals surface area contributed by atoms with Crippen molar-refractivity contribution < 1.29 is 0 Å². The minimum absolute atomic E-state index is 0.453. The molecule has 0 amide bonds. The number of aromatic nitrogens is 2. The summed E-state index contributed by atoms with van der Waals surface area (Å²) in [6, 6.07) is 2.54. The molecule has 0 saturated heterocycles. The summed E-state index contributed by atoms with van der Waals surface area (Å²) in [5.41, 5.74) is 1.28. The maximum atomic E-state index is 4.19. The van der Waals surface area contributed by atoms with Crippen LogP contribution in [0.3, 0.4) is 0 Å². The normalized spacial score (nSPS) is 13.1. The van der Waals surface area contributed by atoms with Crippen LogP contribution in [0.15, 0.2) is 12.3 Å². The van der Waals surface area contributed by atoms with Gasteiger partial charge in [0.2, 0.25) is 0 Å². The van der Waals surface area contributed by atoms with Crippen LogP contribution in [-0.4, -0.2) is 16.8 Å². The van der Waals surface area contributed by atoms with Gasteiger partial charge in [0.15, 0.2) is 0 Å². The molecule has 0 spiro atoms. The molecule has 1 aromatic rings. The van der Waals surface area contributed by atoms with Crippen LogP contribution in [0.5, 0.6) is 0 Å². The SMILES string of the molecule is CCCCCC(NC)c1ccnn1C. The van der Waals surface area contributed by atoms with Crippen LogP contribution in [0.1, 0.15) is 44.3 Å². The molecule has 0 aliphatic carbocycles. The second-order valence-corrected chi connectivity index (χ2v) is 3.72. The van der Waals surface area contributed by atoms with Gasteiger partial charge in [-0.3, -0.25) is 4.68 Å². The highest BCUT2D eigenvalue weighted by Crippen LogP contribution is 2.18. The van der Waals surface area contributed by atoms with E-state index in [1.807, 2.05) is 25.0 Å². The number of nitrogens with zero attached hydrogens (tertiary/aromatic N) is 2. The molecule has 0 aliphatic rings. The van der Waals surface area contributed by atoms with E-state index >= 15 is 0 Å². The molecule has 0 aliphatic heterocycles. The van der Waals surface area contributed by atoms with Gasteiger partial charge in [-0.05, 0) is 19.5 Å². The Morgan fingerprint density at radius 1 is 1.50 bits per heavy atom. The Morgan fingerprint density at radius 3 is 2.79 bits per heavy atom. The monoisotopic (exact) mass is 195 g/mol.